The van der Waals surface area contributed by atoms with Gasteiger partial charge in [-0.25, -0.2) is 4.98 Å². The fourth-order valence-electron chi connectivity index (χ4n) is 4.14. The number of piperidine rings is 1. The maximum Gasteiger partial charge on any atom is 0.137 e. The van der Waals surface area contributed by atoms with Gasteiger partial charge in [-0.05, 0) is 39.2 Å². The number of morpholine rings is 1. The van der Waals surface area contributed by atoms with Crippen molar-refractivity contribution < 1.29 is 9.84 Å². The molecule has 7 heteroatoms. The van der Waals surface area contributed by atoms with Crippen LogP contribution in [0.5, 0.6) is 0 Å². The van der Waals surface area contributed by atoms with E-state index in [1.165, 1.54) is 12.8 Å². The van der Waals surface area contributed by atoms with Crippen LogP contribution in [0.1, 0.15) is 26.7 Å². The number of nitrogens with zero attached hydrogens (tertiary/aromatic N) is 5. The Morgan fingerprint density at radius 3 is 2.62 bits per heavy atom. The Hall–Kier alpha value is -1.02. The molecule has 0 saturated carbocycles. The van der Waals surface area contributed by atoms with Gasteiger partial charge in [0.05, 0.1) is 18.3 Å². The summed E-state index contributed by atoms with van der Waals surface area (Å²) in [5, 5.41) is 14.7. The first-order chi connectivity index (χ1) is 11.6. The van der Waals surface area contributed by atoms with E-state index in [-0.39, 0.29) is 18.3 Å². The Morgan fingerprint density at radius 2 is 1.92 bits per heavy atom. The van der Waals surface area contributed by atoms with Crippen LogP contribution in [0.15, 0.2) is 12.7 Å². The highest BCUT2D eigenvalue weighted by molar-refractivity contribution is 4.79. The Balaban J connectivity index is 1.42. The van der Waals surface area contributed by atoms with Crippen molar-refractivity contribution in [3.05, 3.63) is 12.7 Å². The summed E-state index contributed by atoms with van der Waals surface area (Å²) >= 11 is 0. The molecule has 2 saturated heterocycles. The highest BCUT2D eigenvalue weighted by Gasteiger charge is 2.26. The lowest BCUT2D eigenvalue weighted by Crippen LogP contribution is -2.50. The van der Waals surface area contributed by atoms with Crippen LogP contribution >= 0.6 is 0 Å². The fourth-order valence-corrected chi connectivity index (χ4v) is 4.14. The average Bonchev–Trinajstić information content (AvgIpc) is 2.99. The standard InChI is InChI=1S/C17H31N5O2/c1-14-6-21(7-15(2)24-14)11-17(23)10-20-5-3-4-16(8-20)9-22-13-18-12-19-22/h12-17,23H,3-11H2,1-2H3/t14-,15+,16-,17+/m0/s1. The minimum atomic E-state index is -0.298. The van der Waals surface area contributed by atoms with Gasteiger partial charge in [-0.15, -0.1) is 0 Å². The third-order valence-corrected chi connectivity index (χ3v) is 4.95. The second kappa shape index (κ2) is 8.38. The van der Waals surface area contributed by atoms with Crippen molar-refractivity contribution in [2.75, 3.05) is 39.3 Å². The molecule has 0 bridgehead atoms. The Morgan fingerprint density at radius 1 is 1.17 bits per heavy atom. The van der Waals surface area contributed by atoms with Gasteiger partial charge in [0.25, 0.3) is 0 Å². The Labute approximate surface area is 144 Å². The molecule has 0 amide bonds. The van der Waals surface area contributed by atoms with Gasteiger partial charge in [0.1, 0.15) is 12.7 Å². The van der Waals surface area contributed by atoms with Crippen molar-refractivity contribution in [3.8, 4) is 0 Å². The van der Waals surface area contributed by atoms with E-state index in [0.717, 1.165) is 45.8 Å². The van der Waals surface area contributed by atoms with E-state index in [1.54, 1.807) is 12.7 Å². The second-order valence-electron chi connectivity index (χ2n) is 7.52. The largest absolute Gasteiger partial charge is 0.390 e. The van der Waals surface area contributed by atoms with Crippen LogP contribution in [0.25, 0.3) is 0 Å². The molecule has 3 heterocycles. The van der Waals surface area contributed by atoms with Crippen LogP contribution in [-0.4, -0.2) is 87.3 Å². The SMILES string of the molecule is C[C@@H]1CN(C[C@H](O)CN2CCC[C@H](Cn3cncn3)C2)C[C@H](C)O1. The fraction of sp³-hybridized carbons (Fsp3) is 0.882. The van der Waals surface area contributed by atoms with Crippen LogP contribution in [0, 0.1) is 5.92 Å². The summed E-state index contributed by atoms with van der Waals surface area (Å²) in [6.45, 7) is 10.6. The molecule has 2 aliphatic heterocycles. The molecule has 1 N–H and O–H groups in total. The molecule has 136 valence electrons. The van der Waals surface area contributed by atoms with Crippen LogP contribution in [0.3, 0.4) is 0 Å². The van der Waals surface area contributed by atoms with E-state index in [2.05, 4.69) is 33.7 Å². The molecule has 2 fully saturated rings. The minimum absolute atomic E-state index is 0.253. The summed E-state index contributed by atoms with van der Waals surface area (Å²) in [4.78, 5) is 8.75. The van der Waals surface area contributed by atoms with Crippen LogP contribution < -0.4 is 0 Å². The lowest BCUT2D eigenvalue weighted by molar-refractivity contribution is -0.0785. The first kappa shape index (κ1) is 17.8. The summed E-state index contributed by atoms with van der Waals surface area (Å²) in [5.41, 5.74) is 0. The van der Waals surface area contributed by atoms with Gasteiger partial charge < -0.3 is 14.7 Å². The number of rotatable bonds is 6. The quantitative estimate of drug-likeness (QED) is 0.813. The molecule has 3 rings (SSSR count). The molecule has 24 heavy (non-hydrogen) atoms. The summed E-state index contributed by atoms with van der Waals surface area (Å²) in [5.74, 6) is 0.594. The minimum Gasteiger partial charge on any atom is -0.390 e. The molecule has 1 aromatic heterocycles. The Kier molecular flexibility index (Phi) is 6.21. The molecule has 0 unspecified atom stereocenters. The van der Waals surface area contributed by atoms with Crippen molar-refractivity contribution in [1.82, 2.24) is 24.6 Å². The number of hydrogen-bond donors (Lipinski definition) is 1. The maximum atomic E-state index is 10.5. The van der Waals surface area contributed by atoms with E-state index in [9.17, 15) is 5.11 Å². The first-order valence-corrected chi connectivity index (χ1v) is 9.19. The molecule has 0 spiro atoms. The van der Waals surface area contributed by atoms with Crippen LogP contribution in [0.2, 0.25) is 0 Å². The van der Waals surface area contributed by atoms with Gasteiger partial charge >= 0.3 is 0 Å². The molecular weight excluding hydrogens is 306 g/mol. The molecule has 0 aliphatic carbocycles. The lowest BCUT2D eigenvalue weighted by atomic mass is 9.98. The number of likely N-dealkylation sites (tertiary alicyclic amines) is 1. The molecule has 0 radical (unpaired) electrons. The molecule has 0 aromatic carbocycles. The number of aliphatic hydroxyl groups is 1. The highest BCUT2D eigenvalue weighted by Crippen LogP contribution is 2.18. The van der Waals surface area contributed by atoms with E-state index < -0.39 is 0 Å². The Bertz CT molecular complexity index is 473. The molecular formula is C17H31N5O2. The zero-order chi connectivity index (χ0) is 16.9. The maximum absolute atomic E-state index is 10.5. The van der Waals surface area contributed by atoms with Gasteiger partial charge in [-0.1, -0.05) is 0 Å². The topological polar surface area (TPSA) is 66.7 Å². The zero-order valence-electron chi connectivity index (χ0n) is 14.9. The molecule has 1 aromatic rings. The normalized spacial score (nSPS) is 31.2. The van der Waals surface area contributed by atoms with Crippen molar-refractivity contribution >= 4 is 0 Å². The molecule has 4 atom stereocenters. The molecule has 2 aliphatic rings. The third kappa shape index (κ3) is 5.24. The van der Waals surface area contributed by atoms with Crippen molar-refractivity contribution in [3.63, 3.8) is 0 Å². The third-order valence-electron chi connectivity index (χ3n) is 4.95. The van der Waals surface area contributed by atoms with Crippen LogP contribution in [-0.2, 0) is 11.3 Å². The van der Waals surface area contributed by atoms with E-state index in [1.807, 2.05) is 4.68 Å². The zero-order valence-corrected chi connectivity index (χ0v) is 14.9. The van der Waals surface area contributed by atoms with E-state index >= 15 is 0 Å². The number of aliphatic hydroxyl groups excluding tert-OH is 1. The predicted octanol–water partition coefficient (Wildman–Crippen LogP) is 0.460. The van der Waals surface area contributed by atoms with Gasteiger partial charge in [0, 0.05) is 39.3 Å². The van der Waals surface area contributed by atoms with Crippen molar-refractivity contribution in [2.45, 2.75) is 51.5 Å². The average molecular weight is 337 g/mol. The monoisotopic (exact) mass is 337 g/mol. The van der Waals surface area contributed by atoms with Crippen molar-refractivity contribution in [2.24, 2.45) is 5.92 Å². The predicted molar refractivity (Wildman–Crippen MR) is 91.6 cm³/mol. The van der Waals surface area contributed by atoms with E-state index in [4.69, 9.17) is 4.74 Å². The van der Waals surface area contributed by atoms with E-state index in [0.29, 0.717) is 5.92 Å². The first-order valence-electron chi connectivity index (χ1n) is 9.19. The second-order valence-corrected chi connectivity index (χ2v) is 7.52. The summed E-state index contributed by atoms with van der Waals surface area (Å²) in [6.07, 6.45) is 6.00. The summed E-state index contributed by atoms with van der Waals surface area (Å²) in [6, 6.07) is 0. The lowest BCUT2D eigenvalue weighted by Gasteiger charge is -2.38. The number of aromatic nitrogens is 3. The van der Waals surface area contributed by atoms with Gasteiger partial charge in [-0.2, -0.15) is 5.10 Å². The number of hydrogen-bond acceptors (Lipinski definition) is 6. The van der Waals surface area contributed by atoms with Gasteiger partial charge in [0.15, 0.2) is 0 Å². The van der Waals surface area contributed by atoms with Gasteiger partial charge in [0.2, 0.25) is 0 Å². The highest BCUT2D eigenvalue weighted by atomic mass is 16.5. The van der Waals surface area contributed by atoms with Crippen molar-refractivity contribution in [1.29, 1.82) is 0 Å². The number of β-amino-alcohol motifs (C(OH)–C–C–N with tert-alkyl or cyclic N) is 1. The smallest absolute Gasteiger partial charge is 0.137 e. The van der Waals surface area contributed by atoms with Crippen LogP contribution in [0.4, 0.5) is 0 Å². The number of ether oxygens (including phenoxy) is 1. The van der Waals surface area contributed by atoms with Gasteiger partial charge in [-0.3, -0.25) is 9.58 Å². The summed E-state index contributed by atoms with van der Waals surface area (Å²) in [7, 11) is 0. The molecule has 7 nitrogen and oxygen atoms in total. The summed E-state index contributed by atoms with van der Waals surface area (Å²) < 4.78 is 7.68.